The van der Waals surface area contributed by atoms with Crippen molar-refractivity contribution in [3.8, 4) is 5.69 Å². The molecule has 2 aromatic carbocycles. The van der Waals surface area contributed by atoms with Crippen LogP contribution in [0.1, 0.15) is 23.1 Å². The van der Waals surface area contributed by atoms with Gasteiger partial charge in [-0.1, -0.05) is 18.2 Å². The molecule has 3 aromatic rings. The first-order valence-electron chi connectivity index (χ1n) is 9.70. The van der Waals surface area contributed by atoms with Gasteiger partial charge in [-0.2, -0.15) is 11.8 Å². The number of esters is 1. The molecular weight excluding hydrogens is 386 g/mol. The fourth-order valence-corrected chi connectivity index (χ4v) is 4.71. The second-order valence-corrected chi connectivity index (χ2v) is 8.02. The molecule has 1 aromatic heterocycles. The third-order valence-corrected chi connectivity index (χ3v) is 6.05. The van der Waals surface area contributed by atoms with Crippen molar-refractivity contribution in [1.29, 1.82) is 0 Å². The van der Waals surface area contributed by atoms with Gasteiger partial charge in [-0.15, -0.1) is 0 Å². The highest BCUT2D eigenvalue weighted by Gasteiger charge is 2.34. The summed E-state index contributed by atoms with van der Waals surface area (Å²) in [4.78, 5) is 31.8. The molecule has 7 heteroatoms. The molecule has 0 aliphatic carbocycles. The Morgan fingerprint density at radius 1 is 1.21 bits per heavy atom. The first-order valence-corrected chi connectivity index (χ1v) is 10.9. The van der Waals surface area contributed by atoms with E-state index in [0.717, 1.165) is 28.3 Å². The highest BCUT2D eigenvalue weighted by molar-refractivity contribution is 7.99. The van der Waals surface area contributed by atoms with Crippen molar-refractivity contribution in [3.05, 3.63) is 59.9 Å². The monoisotopic (exact) mass is 409 g/mol. The van der Waals surface area contributed by atoms with Gasteiger partial charge in [0.15, 0.2) is 0 Å². The Balaban J connectivity index is 1.67. The molecule has 0 radical (unpaired) electrons. The number of thioether (sulfide) groups is 1. The minimum Gasteiger partial charge on any atom is -0.464 e. The van der Waals surface area contributed by atoms with Crippen LogP contribution in [0.2, 0.25) is 0 Å². The predicted octanol–water partition coefficient (Wildman–Crippen LogP) is 3.45. The van der Waals surface area contributed by atoms with E-state index in [1.807, 2.05) is 55.5 Å². The lowest BCUT2D eigenvalue weighted by Crippen LogP contribution is -2.51. The summed E-state index contributed by atoms with van der Waals surface area (Å²) in [6, 6.07) is 15.0. The number of nitrogens with zero attached hydrogens (tertiary/aromatic N) is 3. The molecule has 0 unspecified atom stereocenters. The summed E-state index contributed by atoms with van der Waals surface area (Å²) in [5, 5.41) is 0. The van der Waals surface area contributed by atoms with Crippen LogP contribution in [0.5, 0.6) is 0 Å². The molecule has 0 spiro atoms. The third kappa shape index (κ3) is 3.74. The molecule has 1 fully saturated rings. The maximum absolute atomic E-state index is 13.2. The van der Waals surface area contributed by atoms with E-state index < -0.39 is 6.04 Å². The standard InChI is InChI=1S/C22H23N3O3S/c1-3-28-22(27)20-14-29-12-11-24(20)21(26)16-9-10-19-18(13-16)23-15(2)25(19)17-7-5-4-6-8-17/h4-10,13,20H,3,11-12,14H2,1-2H3/t20-/m0/s1. The highest BCUT2D eigenvalue weighted by atomic mass is 32.2. The van der Waals surface area contributed by atoms with E-state index >= 15 is 0 Å². The lowest BCUT2D eigenvalue weighted by Gasteiger charge is -2.33. The molecule has 1 amide bonds. The van der Waals surface area contributed by atoms with E-state index in [9.17, 15) is 9.59 Å². The van der Waals surface area contributed by atoms with Gasteiger partial charge in [-0.05, 0) is 44.2 Å². The first-order chi connectivity index (χ1) is 14.1. The zero-order valence-electron chi connectivity index (χ0n) is 16.5. The summed E-state index contributed by atoms with van der Waals surface area (Å²) < 4.78 is 7.25. The molecular formula is C22H23N3O3S. The fourth-order valence-electron chi connectivity index (χ4n) is 3.68. The number of fused-ring (bicyclic) bond motifs is 1. The third-order valence-electron chi connectivity index (χ3n) is 5.03. The maximum atomic E-state index is 13.2. The molecule has 150 valence electrons. The number of hydrogen-bond acceptors (Lipinski definition) is 5. The number of amides is 1. The molecule has 0 saturated carbocycles. The van der Waals surface area contributed by atoms with Crippen LogP contribution in [0.15, 0.2) is 48.5 Å². The number of carbonyl (C=O) groups excluding carboxylic acids is 2. The SMILES string of the molecule is CCOC(=O)[C@@H]1CSCCN1C(=O)c1ccc2c(c1)nc(C)n2-c1ccccc1. The molecule has 0 bridgehead atoms. The number of carbonyl (C=O) groups is 2. The van der Waals surface area contributed by atoms with Crippen molar-refractivity contribution in [2.45, 2.75) is 19.9 Å². The van der Waals surface area contributed by atoms with Gasteiger partial charge in [0, 0.05) is 29.3 Å². The van der Waals surface area contributed by atoms with Crippen molar-refractivity contribution < 1.29 is 14.3 Å². The largest absolute Gasteiger partial charge is 0.464 e. The van der Waals surface area contributed by atoms with Gasteiger partial charge in [-0.25, -0.2) is 9.78 Å². The summed E-state index contributed by atoms with van der Waals surface area (Å²) >= 11 is 1.67. The van der Waals surface area contributed by atoms with E-state index in [2.05, 4.69) is 9.55 Å². The smallest absolute Gasteiger partial charge is 0.329 e. The van der Waals surface area contributed by atoms with Gasteiger partial charge >= 0.3 is 5.97 Å². The average molecular weight is 410 g/mol. The topological polar surface area (TPSA) is 64.4 Å². The Kier molecular flexibility index (Phi) is 5.58. The molecule has 1 atom stereocenters. The van der Waals surface area contributed by atoms with E-state index in [1.165, 1.54) is 0 Å². The molecule has 2 heterocycles. The first kappa shape index (κ1) is 19.5. The fraction of sp³-hybridized carbons (Fsp3) is 0.318. The van der Waals surface area contributed by atoms with Crippen molar-refractivity contribution in [2.75, 3.05) is 24.7 Å². The minimum atomic E-state index is -0.541. The zero-order valence-corrected chi connectivity index (χ0v) is 17.3. The van der Waals surface area contributed by atoms with Crippen LogP contribution >= 0.6 is 11.8 Å². The molecule has 1 aliphatic rings. The minimum absolute atomic E-state index is 0.155. The number of benzene rings is 2. The molecule has 4 rings (SSSR count). The van der Waals surface area contributed by atoms with Crippen molar-refractivity contribution in [2.24, 2.45) is 0 Å². The number of aryl methyl sites for hydroxylation is 1. The summed E-state index contributed by atoms with van der Waals surface area (Å²) in [6.45, 7) is 4.57. The number of aromatic nitrogens is 2. The quantitative estimate of drug-likeness (QED) is 0.618. The Bertz CT molecular complexity index is 1050. The maximum Gasteiger partial charge on any atom is 0.329 e. The number of hydrogen-bond donors (Lipinski definition) is 0. The van der Waals surface area contributed by atoms with Crippen LogP contribution in [0.25, 0.3) is 16.7 Å². The Morgan fingerprint density at radius 3 is 2.76 bits per heavy atom. The lowest BCUT2D eigenvalue weighted by molar-refractivity contribution is -0.147. The van der Waals surface area contributed by atoms with Crippen LogP contribution in [0, 0.1) is 6.92 Å². The number of rotatable bonds is 4. The van der Waals surface area contributed by atoms with Crippen LogP contribution < -0.4 is 0 Å². The molecule has 1 saturated heterocycles. The van der Waals surface area contributed by atoms with Crippen molar-refractivity contribution in [3.63, 3.8) is 0 Å². The predicted molar refractivity (Wildman–Crippen MR) is 115 cm³/mol. The van der Waals surface area contributed by atoms with Gasteiger partial charge in [0.1, 0.15) is 11.9 Å². The van der Waals surface area contributed by atoms with E-state index in [0.29, 0.717) is 24.5 Å². The van der Waals surface area contributed by atoms with Crippen molar-refractivity contribution >= 4 is 34.7 Å². The number of imidazole rings is 1. The van der Waals surface area contributed by atoms with Crippen LogP contribution in [-0.4, -0.2) is 57.0 Å². The number of ether oxygens (including phenoxy) is 1. The Hall–Kier alpha value is -2.80. The molecule has 29 heavy (non-hydrogen) atoms. The normalized spacial score (nSPS) is 16.8. The summed E-state index contributed by atoms with van der Waals surface area (Å²) in [6.07, 6.45) is 0. The van der Waals surface area contributed by atoms with E-state index in [4.69, 9.17) is 4.74 Å². The molecule has 1 aliphatic heterocycles. The van der Waals surface area contributed by atoms with Crippen molar-refractivity contribution in [1.82, 2.24) is 14.5 Å². The Labute approximate surface area is 173 Å². The zero-order chi connectivity index (χ0) is 20.4. The van der Waals surface area contributed by atoms with Crippen LogP contribution in [-0.2, 0) is 9.53 Å². The van der Waals surface area contributed by atoms with Gasteiger partial charge in [0.25, 0.3) is 5.91 Å². The summed E-state index contributed by atoms with van der Waals surface area (Å²) in [5.74, 6) is 1.74. The van der Waals surface area contributed by atoms with Gasteiger partial charge in [0.2, 0.25) is 0 Å². The second kappa shape index (κ2) is 8.29. The average Bonchev–Trinajstić information content (AvgIpc) is 3.08. The number of para-hydroxylation sites is 1. The van der Waals surface area contributed by atoms with Gasteiger partial charge < -0.3 is 9.64 Å². The van der Waals surface area contributed by atoms with Crippen LogP contribution in [0.4, 0.5) is 0 Å². The van der Waals surface area contributed by atoms with Gasteiger partial charge in [0.05, 0.1) is 17.6 Å². The molecule has 6 nitrogen and oxygen atoms in total. The molecule has 0 N–H and O–H groups in total. The Morgan fingerprint density at radius 2 is 2.00 bits per heavy atom. The van der Waals surface area contributed by atoms with E-state index in [1.54, 1.807) is 23.6 Å². The van der Waals surface area contributed by atoms with Crippen LogP contribution in [0.3, 0.4) is 0 Å². The second-order valence-electron chi connectivity index (χ2n) is 6.87. The van der Waals surface area contributed by atoms with E-state index in [-0.39, 0.29) is 11.9 Å². The van der Waals surface area contributed by atoms with Gasteiger partial charge in [-0.3, -0.25) is 9.36 Å². The highest BCUT2D eigenvalue weighted by Crippen LogP contribution is 2.25. The summed E-state index contributed by atoms with van der Waals surface area (Å²) in [7, 11) is 0. The lowest BCUT2D eigenvalue weighted by atomic mass is 10.1. The summed E-state index contributed by atoms with van der Waals surface area (Å²) in [5.41, 5.74) is 3.27.